The summed E-state index contributed by atoms with van der Waals surface area (Å²) in [4.78, 5) is 0. The van der Waals surface area contributed by atoms with Gasteiger partial charge in [0.25, 0.3) is 0 Å². The number of hydrogen-bond donors (Lipinski definition) is 4. The largest absolute Gasteiger partial charge is 0.409 e. The summed E-state index contributed by atoms with van der Waals surface area (Å²) < 4.78 is 0. The van der Waals surface area contributed by atoms with E-state index in [1.165, 1.54) is 0 Å². The first-order chi connectivity index (χ1) is 7.71. The lowest BCUT2D eigenvalue weighted by Crippen LogP contribution is -2.60. The molecule has 100 valence electrons. The Bertz CT molecular complexity index is 300. The maximum absolute atomic E-state index is 9.62. The Kier molecular flexibility index (Phi) is 4.04. The van der Waals surface area contributed by atoms with E-state index < -0.39 is 0 Å². The monoisotopic (exact) mass is 243 g/mol. The molecule has 0 aliphatic heterocycles. The van der Waals surface area contributed by atoms with Crippen molar-refractivity contribution >= 4 is 5.84 Å². The molecule has 1 saturated carbocycles. The minimum absolute atomic E-state index is 0.0548. The van der Waals surface area contributed by atoms with Crippen molar-refractivity contribution in [1.29, 1.82) is 0 Å². The number of oxime groups is 1. The van der Waals surface area contributed by atoms with Gasteiger partial charge in [-0.2, -0.15) is 0 Å². The van der Waals surface area contributed by atoms with Gasteiger partial charge in [0.05, 0.1) is 6.10 Å². The van der Waals surface area contributed by atoms with Crippen molar-refractivity contribution in [1.82, 2.24) is 5.32 Å². The van der Waals surface area contributed by atoms with Crippen LogP contribution < -0.4 is 11.1 Å². The fourth-order valence-corrected chi connectivity index (χ4v) is 2.07. The van der Waals surface area contributed by atoms with Crippen molar-refractivity contribution in [3.8, 4) is 0 Å². The summed E-state index contributed by atoms with van der Waals surface area (Å²) >= 11 is 0. The van der Waals surface area contributed by atoms with Crippen molar-refractivity contribution in [3.63, 3.8) is 0 Å². The van der Waals surface area contributed by atoms with Crippen LogP contribution in [0.3, 0.4) is 0 Å². The third kappa shape index (κ3) is 2.90. The average molecular weight is 243 g/mol. The van der Waals surface area contributed by atoms with Gasteiger partial charge in [0, 0.05) is 16.9 Å². The molecule has 17 heavy (non-hydrogen) atoms. The van der Waals surface area contributed by atoms with Crippen molar-refractivity contribution in [2.45, 2.75) is 52.7 Å². The first-order valence-electron chi connectivity index (χ1n) is 6.11. The van der Waals surface area contributed by atoms with Crippen LogP contribution in [-0.4, -0.2) is 34.8 Å². The molecule has 5 N–H and O–H groups in total. The number of nitrogens with zero attached hydrogens (tertiary/aromatic N) is 1. The zero-order valence-corrected chi connectivity index (χ0v) is 11.2. The van der Waals surface area contributed by atoms with E-state index >= 15 is 0 Å². The van der Waals surface area contributed by atoms with Crippen molar-refractivity contribution in [3.05, 3.63) is 0 Å². The van der Waals surface area contributed by atoms with Crippen molar-refractivity contribution < 1.29 is 10.3 Å². The fourth-order valence-electron chi connectivity index (χ4n) is 2.07. The first kappa shape index (κ1) is 14.3. The summed E-state index contributed by atoms with van der Waals surface area (Å²) in [6, 6.07) is 0.348. The molecule has 0 bridgehead atoms. The second-order valence-electron chi connectivity index (χ2n) is 6.20. The highest BCUT2D eigenvalue weighted by molar-refractivity contribution is 5.85. The van der Waals surface area contributed by atoms with Gasteiger partial charge in [0.1, 0.15) is 5.84 Å². The van der Waals surface area contributed by atoms with E-state index in [0.717, 1.165) is 19.4 Å². The molecule has 1 aliphatic rings. The van der Waals surface area contributed by atoms with E-state index in [0.29, 0.717) is 6.04 Å². The SMILES string of the molecule is CC(C)(CCNC1CC(O)C1(C)C)C(N)=NO. The van der Waals surface area contributed by atoms with Gasteiger partial charge < -0.3 is 21.4 Å². The van der Waals surface area contributed by atoms with E-state index in [1.54, 1.807) is 0 Å². The van der Waals surface area contributed by atoms with E-state index in [2.05, 4.69) is 24.3 Å². The normalized spacial score (nSPS) is 28.9. The van der Waals surface area contributed by atoms with Crippen LogP contribution in [0.4, 0.5) is 0 Å². The van der Waals surface area contributed by atoms with Gasteiger partial charge in [-0.1, -0.05) is 32.9 Å². The summed E-state index contributed by atoms with van der Waals surface area (Å²) in [6.45, 7) is 8.82. The highest BCUT2D eigenvalue weighted by atomic mass is 16.4. The zero-order chi connectivity index (χ0) is 13.3. The maximum Gasteiger partial charge on any atom is 0.144 e. The smallest absolute Gasteiger partial charge is 0.144 e. The van der Waals surface area contributed by atoms with Gasteiger partial charge in [-0.3, -0.25) is 0 Å². The summed E-state index contributed by atoms with van der Waals surface area (Å²) in [6.07, 6.45) is 1.39. The molecular formula is C12H25N3O2. The fraction of sp³-hybridized carbons (Fsp3) is 0.917. The first-order valence-corrected chi connectivity index (χ1v) is 6.11. The van der Waals surface area contributed by atoms with Crippen molar-refractivity contribution in [2.75, 3.05) is 6.54 Å². The minimum Gasteiger partial charge on any atom is -0.409 e. The third-order valence-electron chi connectivity index (χ3n) is 4.16. The highest BCUT2D eigenvalue weighted by Crippen LogP contribution is 2.40. The van der Waals surface area contributed by atoms with Crippen LogP contribution in [0.5, 0.6) is 0 Å². The molecule has 1 rings (SSSR count). The average Bonchev–Trinajstić information content (AvgIpc) is 2.26. The molecule has 2 unspecified atom stereocenters. The number of amidine groups is 1. The lowest BCUT2D eigenvalue weighted by Gasteiger charge is -2.50. The van der Waals surface area contributed by atoms with Crippen LogP contribution in [0.1, 0.15) is 40.5 Å². The molecule has 1 aliphatic carbocycles. The molecular weight excluding hydrogens is 218 g/mol. The highest BCUT2D eigenvalue weighted by Gasteiger charge is 2.46. The number of nitrogens with one attached hydrogen (secondary N) is 1. The molecule has 0 aromatic carbocycles. The van der Waals surface area contributed by atoms with E-state index in [-0.39, 0.29) is 22.8 Å². The summed E-state index contributed by atoms with van der Waals surface area (Å²) in [5.74, 6) is 0.257. The molecule has 5 heteroatoms. The second-order valence-corrected chi connectivity index (χ2v) is 6.20. The van der Waals surface area contributed by atoms with Gasteiger partial charge in [0.15, 0.2) is 0 Å². The number of aliphatic hydroxyl groups excluding tert-OH is 1. The Hall–Kier alpha value is -0.810. The van der Waals surface area contributed by atoms with E-state index in [4.69, 9.17) is 10.9 Å². The molecule has 2 atom stereocenters. The quantitative estimate of drug-likeness (QED) is 0.250. The molecule has 0 radical (unpaired) electrons. The molecule has 0 aromatic heterocycles. The Morgan fingerprint density at radius 1 is 1.53 bits per heavy atom. The standard InChI is InChI=1S/C12H25N3O2/c1-11(2,10(13)15-17)5-6-14-8-7-9(16)12(8,3)4/h8-9,14,16-17H,5-7H2,1-4H3,(H2,13,15). The van der Waals surface area contributed by atoms with Gasteiger partial charge in [0.2, 0.25) is 0 Å². The van der Waals surface area contributed by atoms with E-state index in [9.17, 15) is 5.11 Å². The Balaban J connectivity index is 2.35. The van der Waals surface area contributed by atoms with Crippen LogP contribution in [0.25, 0.3) is 0 Å². The lowest BCUT2D eigenvalue weighted by molar-refractivity contribution is -0.0725. The lowest BCUT2D eigenvalue weighted by atomic mass is 9.64. The number of aliphatic hydroxyl groups is 1. The Morgan fingerprint density at radius 2 is 2.12 bits per heavy atom. The minimum atomic E-state index is -0.311. The molecule has 0 heterocycles. The molecule has 0 amide bonds. The number of hydrogen-bond acceptors (Lipinski definition) is 4. The summed E-state index contributed by atoms with van der Waals surface area (Å²) in [5, 5.41) is 24.8. The second kappa shape index (κ2) is 4.82. The number of nitrogens with two attached hydrogens (primary N) is 1. The Labute approximate surface area is 103 Å². The van der Waals surface area contributed by atoms with Gasteiger partial charge in [-0.25, -0.2) is 0 Å². The zero-order valence-electron chi connectivity index (χ0n) is 11.2. The third-order valence-corrected chi connectivity index (χ3v) is 4.16. The van der Waals surface area contributed by atoms with Crippen LogP contribution in [0, 0.1) is 10.8 Å². The molecule has 5 nitrogen and oxygen atoms in total. The Morgan fingerprint density at radius 3 is 2.53 bits per heavy atom. The van der Waals surface area contributed by atoms with Crippen LogP contribution in [0.2, 0.25) is 0 Å². The number of rotatable bonds is 5. The van der Waals surface area contributed by atoms with Gasteiger partial charge in [-0.05, 0) is 19.4 Å². The van der Waals surface area contributed by atoms with E-state index in [1.807, 2.05) is 13.8 Å². The molecule has 1 fully saturated rings. The van der Waals surface area contributed by atoms with Gasteiger partial charge in [-0.15, -0.1) is 0 Å². The summed E-state index contributed by atoms with van der Waals surface area (Å²) in [7, 11) is 0. The molecule has 0 spiro atoms. The van der Waals surface area contributed by atoms with Gasteiger partial charge >= 0.3 is 0 Å². The van der Waals surface area contributed by atoms with Crippen LogP contribution in [-0.2, 0) is 0 Å². The molecule has 0 saturated heterocycles. The predicted molar refractivity (Wildman–Crippen MR) is 68.0 cm³/mol. The van der Waals surface area contributed by atoms with Crippen LogP contribution >= 0.6 is 0 Å². The predicted octanol–water partition coefficient (Wildman–Crippen LogP) is 0.898. The van der Waals surface area contributed by atoms with Crippen LogP contribution in [0.15, 0.2) is 5.16 Å². The summed E-state index contributed by atoms with van der Waals surface area (Å²) in [5.41, 5.74) is 5.26. The topological polar surface area (TPSA) is 90.9 Å². The van der Waals surface area contributed by atoms with Crippen molar-refractivity contribution in [2.24, 2.45) is 21.7 Å². The maximum atomic E-state index is 9.62. The molecule has 0 aromatic rings.